The standard InChI is InChI=1S/C15H8Br2F4O/c16-5-7-1-3-9(13(20)11(7)18)15(22)10-4-2-8(6-17)12(19)14(10)21/h1-4H,5-6H2. The molecule has 22 heavy (non-hydrogen) atoms. The Labute approximate surface area is 140 Å². The largest absolute Gasteiger partial charge is 0.288 e. The van der Waals surface area contributed by atoms with E-state index >= 15 is 0 Å². The lowest BCUT2D eigenvalue weighted by Crippen LogP contribution is -2.11. The van der Waals surface area contributed by atoms with Crippen LogP contribution in [0.3, 0.4) is 0 Å². The molecule has 116 valence electrons. The van der Waals surface area contributed by atoms with E-state index in [0.29, 0.717) is 0 Å². The summed E-state index contributed by atoms with van der Waals surface area (Å²) in [4.78, 5) is 12.2. The molecule has 0 aliphatic rings. The minimum absolute atomic E-state index is 0.0235. The molecular formula is C15H8Br2F4O. The van der Waals surface area contributed by atoms with E-state index in [2.05, 4.69) is 31.9 Å². The topological polar surface area (TPSA) is 17.1 Å². The van der Waals surface area contributed by atoms with E-state index in [1.165, 1.54) is 12.1 Å². The van der Waals surface area contributed by atoms with Gasteiger partial charge in [0.2, 0.25) is 0 Å². The molecule has 0 bridgehead atoms. The molecule has 0 spiro atoms. The molecule has 0 radical (unpaired) electrons. The van der Waals surface area contributed by atoms with Crippen LogP contribution in [0.4, 0.5) is 17.6 Å². The molecule has 0 heterocycles. The summed E-state index contributed by atoms with van der Waals surface area (Å²) in [6.45, 7) is 0. The van der Waals surface area contributed by atoms with Gasteiger partial charge in [-0.05, 0) is 12.1 Å². The lowest BCUT2D eigenvalue weighted by molar-refractivity contribution is 0.102. The van der Waals surface area contributed by atoms with Gasteiger partial charge in [-0.1, -0.05) is 44.0 Å². The van der Waals surface area contributed by atoms with Crippen molar-refractivity contribution >= 4 is 37.6 Å². The molecule has 0 unspecified atom stereocenters. The van der Waals surface area contributed by atoms with Gasteiger partial charge in [-0.25, -0.2) is 17.6 Å². The van der Waals surface area contributed by atoms with Crippen LogP contribution in [0.5, 0.6) is 0 Å². The first-order valence-corrected chi connectivity index (χ1v) is 8.27. The number of carbonyl (C=O) groups is 1. The number of ketones is 1. The van der Waals surface area contributed by atoms with Crippen LogP contribution in [0, 0.1) is 23.3 Å². The number of hydrogen-bond donors (Lipinski definition) is 0. The maximum absolute atomic E-state index is 13.9. The predicted molar refractivity (Wildman–Crippen MR) is 81.4 cm³/mol. The zero-order valence-corrected chi connectivity index (χ0v) is 14.1. The van der Waals surface area contributed by atoms with E-state index in [4.69, 9.17) is 0 Å². The Kier molecular flexibility index (Phi) is 5.39. The monoisotopic (exact) mass is 438 g/mol. The number of carbonyl (C=O) groups excluding carboxylic acids is 1. The summed E-state index contributed by atoms with van der Waals surface area (Å²) in [6.07, 6.45) is 0. The minimum atomic E-state index is -1.38. The Balaban J connectivity index is 2.54. The van der Waals surface area contributed by atoms with Crippen LogP contribution in [0.25, 0.3) is 0 Å². The highest BCUT2D eigenvalue weighted by atomic mass is 79.9. The fourth-order valence-corrected chi connectivity index (χ4v) is 2.75. The number of alkyl halides is 2. The normalized spacial score (nSPS) is 10.8. The highest BCUT2D eigenvalue weighted by Gasteiger charge is 2.24. The van der Waals surface area contributed by atoms with Gasteiger partial charge in [-0.2, -0.15) is 0 Å². The first-order valence-electron chi connectivity index (χ1n) is 6.02. The first-order chi connectivity index (χ1) is 10.4. The third kappa shape index (κ3) is 2.96. The van der Waals surface area contributed by atoms with E-state index in [1.54, 1.807) is 0 Å². The Morgan fingerprint density at radius 3 is 1.41 bits per heavy atom. The second-order valence-electron chi connectivity index (χ2n) is 4.40. The lowest BCUT2D eigenvalue weighted by Gasteiger charge is -2.09. The molecule has 0 aliphatic heterocycles. The maximum atomic E-state index is 13.9. The molecule has 0 aliphatic carbocycles. The van der Waals surface area contributed by atoms with Crippen molar-refractivity contribution in [1.29, 1.82) is 0 Å². The lowest BCUT2D eigenvalue weighted by atomic mass is 9.99. The zero-order chi connectivity index (χ0) is 16.4. The first kappa shape index (κ1) is 17.1. The van der Waals surface area contributed by atoms with E-state index < -0.39 is 40.2 Å². The Morgan fingerprint density at radius 2 is 1.09 bits per heavy atom. The van der Waals surface area contributed by atoms with Crippen LogP contribution in [0.15, 0.2) is 24.3 Å². The van der Waals surface area contributed by atoms with Crippen molar-refractivity contribution in [3.8, 4) is 0 Å². The quantitative estimate of drug-likeness (QED) is 0.360. The molecule has 0 atom stereocenters. The third-order valence-electron chi connectivity index (χ3n) is 3.10. The minimum Gasteiger partial charge on any atom is -0.288 e. The fourth-order valence-electron chi connectivity index (χ4n) is 1.88. The average molecular weight is 440 g/mol. The van der Waals surface area contributed by atoms with Crippen LogP contribution in [0.1, 0.15) is 27.0 Å². The molecular weight excluding hydrogens is 432 g/mol. The summed E-state index contributed by atoms with van der Waals surface area (Å²) in [5, 5.41) is 0.125. The predicted octanol–water partition coefficient (Wildman–Crippen LogP) is 5.26. The summed E-state index contributed by atoms with van der Waals surface area (Å²) < 4.78 is 55.3. The van der Waals surface area contributed by atoms with Gasteiger partial charge in [0.15, 0.2) is 29.1 Å². The van der Waals surface area contributed by atoms with Crippen LogP contribution >= 0.6 is 31.9 Å². The average Bonchev–Trinajstić information content (AvgIpc) is 2.52. The van der Waals surface area contributed by atoms with Crippen LogP contribution in [-0.4, -0.2) is 5.78 Å². The maximum Gasteiger partial charge on any atom is 0.199 e. The molecule has 0 fully saturated rings. The van der Waals surface area contributed by atoms with Gasteiger partial charge in [0.05, 0.1) is 11.1 Å². The molecule has 0 amide bonds. The number of hydrogen-bond acceptors (Lipinski definition) is 1. The SMILES string of the molecule is O=C(c1ccc(CBr)c(F)c1F)c1ccc(CBr)c(F)c1F. The highest BCUT2D eigenvalue weighted by molar-refractivity contribution is 9.08. The van der Waals surface area contributed by atoms with E-state index in [1.807, 2.05) is 0 Å². The van der Waals surface area contributed by atoms with Crippen molar-refractivity contribution in [2.24, 2.45) is 0 Å². The Bertz CT molecular complexity index is 685. The van der Waals surface area contributed by atoms with Crippen molar-refractivity contribution in [3.05, 3.63) is 69.8 Å². The number of benzene rings is 2. The van der Waals surface area contributed by atoms with Gasteiger partial charge in [-0.3, -0.25) is 4.79 Å². The molecule has 2 aromatic carbocycles. The molecule has 1 nitrogen and oxygen atoms in total. The molecule has 2 rings (SSSR count). The third-order valence-corrected chi connectivity index (χ3v) is 4.31. The Morgan fingerprint density at radius 1 is 0.727 bits per heavy atom. The van der Waals surface area contributed by atoms with Crippen molar-refractivity contribution in [2.45, 2.75) is 10.7 Å². The van der Waals surface area contributed by atoms with E-state index in [-0.39, 0.29) is 21.8 Å². The zero-order valence-electron chi connectivity index (χ0n) is 10.9. The summed E-state index contributed by atoms with van der Waals surface area (Å²) in [5.74, 6) is -6.27. The second-order valence-corrected chi connectivity index (χ2v) is 5.52. The molecule has 0 saturated carbocycles. The highest BCUT2D eigenvalue weighted by Crippen LogP contribution is 2.24. The van der Waals surface area contributed by atoms with Gasteiger partial charge in [0.25, 0.3) is 0 Å². The molecule has 7 heteroatoms. The summed E-state index contributed by atoms with van der Waals surface area (Å²) in [5.41, 5.74) is -1.25. The second kappa shape index (κ2) is 6.91. The van der Waals surface area contributed by atoms with Crippen molar-refractivity contribution < 1.29 is 22.4 Å². The van der Waals surface area contributed by atoms with Gasteiger partial charge in [-0.15, -0.1) is 0 Å². The molecule has 0 saturated heterocycles. The summed E-state index contributed by atoms with van der Waals surface area (Å²) in [7, 11) is 0. The van der Waals surface area contributed by atoms with Crippen LogP contribution in [0.2, 0.25) is 0 Å². The van der Waals surface area contributed by atoms with Crippen LogP contribution < -0.4 is 0 Å². The van der Waals surface area contributed by atoms with Crippen LogP contribution in [-0.2, 0) is 10.7 Å². The molecule has 0 N–H and O–H groups in total. The van der Waals surface area contributed by atoms with E-state index in [0.717, 1.165) is 12.1 Å². The summed E-state index contributed by atoms with van der Waals surface area (Å²) in [6, 6.07) is 4.52. The van der Waals surface area contributed by atoms with Gasteiger partial charge >= 0.3 is 0 Å². The summed E-state index contributed by atoms with van der Waals surface area (Å²) >= 11 is 5.96. The van der Waals surface area contributed by atoms with Crippen molar-refractivity contribution in [2.75, 3.05) is 0 Å². The van der Waals surface area contributed by atoms with E-state index in [9.17, 15) is 22.4 Å². The van der Waals surface area contributed by atoms with Crippen molar-refractivity contribution in [1.82, 2.24) is 0 Å². The molecule has 0 aromatic heterocycles. The molecule has 2 aromatic rings. The van der Waals surface area contributed by atoms with Crippen molar-refractivity contribution in [3.63, 3.8) is 0 Å². The van der Waals surface area contributed by atoms with Gasteiger partial charge in [0.1, 0.15) is 0 Å². The smallest absolute Gasteiger partial charge is 0.199 e. The van der Waals surface area contributed by atoms with Gasteiger partial charge < -0.3 is 0 Å². The fraction of sp³-hybridized carbons (Fsp3) is 0.133. The number of rotatable bonds is 4. The van der Waals surface area contributed by atoms with Gasteiger partial charge in [0, 0.05) is 21.8 Å². The number of halogens is 6. The Hall–Kier alpha value is -1.21.